The van der Waals surface area contributed by atoms with Gasteiger partial charge in [-0.05, 0) is 46.5 Å². The molecule has 20 heavy (non-hydrogen) atoms. The molecule has 0 amide bonds. The SMILES string of the molecule is O=[N+]([O-])c1ccc(Br)c(NC2CCc3sc(Cl)cc32)c1. The summed E-state index contributed by atoms with van der Waals surface area (Å²) in [5.74, 6) is 0. The third-order valence-electron chi connectivity index (χ3n) is 3.34. The lowest BCUT2D eigenvalue weighted by atomic mass is 10.1. The van der Waals surface area contributed by atoms with E-state index in [0.717, 1.165) is 27.3 Å². The number of hydrogen-bond donors (Lipinski definition) is 1. The lowest BCUT2D eigenvalue weighted by molar-refractivity contribution is -0.384. The number of nitro groups is 1. The van der Waals surface area contributed by atoms with Crippen LogP contribution in [0.1, 0.15) is 22.9 Å². The maximum atomic E-state index is 10.9. The molecule has 3 rings (SSSR count). The van der Waals surface area contributed by atoms with Gasteiger partial charge in [-0.2, -0.15) is 0 Å². The van der Waals surface area contributed by atoms with E-state index < -0.39 is 0 Å². The highest BCUT2D eigenvalue weighted by Gasteiger charge is 2.25. The molecule has 1 aliphatic rings. The van der Waals surface area contributed by atoms with Crippen LogP contribution in [0.5, 0.6) is 0 Å². The summed E-state index contributed by atoms with van der Waals surface area (Å²) < 4.78 is 1.61. The van der Waals surface area contributed by atoms with Gasteiger partial charge >= 0.3 is 0 Å². The number of halogens is 2. The van der Waals surface area contributed by atoms with Crippen molar-refractivity contribution in [1.82, 2.24) is 0 Å². The normalized spacial score (nSPS) is 17.0. The predicted octanol–water partition coefficient (Wildman–Crippen LogP) is 5.17. The minimum Gasteiger partial charge on any atom is -0.377 e. The van der Waals surface area contributed by atoms with Crippen molar-refractivity contribution < 1.29 is 4.92 Å². The van der Waals surface area contributed by atoms with Gasteiger partial charge in [-0.1, -0.05) is 11.6 Å². The maximum absolute atomic E-state index is 10.9. The first kappa shape index (κ1) is 13.9. The highest BCUT2D eigenvalue weighted by Crippen LogP contribution is 2.42. The molecular weight excluding hydrogens is 364 g/mol. The van der Waals surface area contributed by atoms with Crippen molar-refractivity contribution in [3.63, 3.8) is 0 Å². The number of anilines is 1. The minimum atomic E-state index is -0.390. The Hall–Kier alpha value is -1.11. The fraction of sp³-hybridized carbons (Fsp3) is 0.231. The van der Waals surface area contributed by atoms with Gasteiger partial charge in [-0.25, -0.2) is 0 Å². The van der Waals surface area contributed by atoms with E-state index in [1.807, 2.05) is 6.07 Å². The average Bonchev–Trinajstić information content (AvgIpc) is 2.92. The molecule has 1 atom stereocenters. The number of rotatable bonds is 3. The molecule has 1 aromatic heterocycles. The quantitative estimate of drug-likeness (QED) is 0.596. The van der Waals surface area contributed by atoms with Crippen LogP contribution in [0.4, 0.5) is 11.4 Å². The first-order valence-electron chi connectivity index (χ1n) is 6.03. The highest BCUT2D eigenvalue weighted by molar-refractivity contribution is 9.10. The molecule has 0 saturated heterocycles. The fourth-order valence-corrected chi connectivity index (χ4v) is 4.12. The predicted molar refractivity (Wildman–Crippen MR) is 84.8 cm³/mol. The number of non-ortho nitro benzene ring substituents is 1. The zero-order valence-electron chi connectivity index (χ0n) is 10.2. The Morgan fingerprint density at radius 1 is 1.45 bits per heavy atom. The van der Waals surface area contributed by atoms with Crippen LogP contribution in [0.15, 0.2) is 28.7 Å². The second-order valence-corrected chi connectivity index (χ2v) is 7.21. The molecule has 0 bridgehead atoms. The summed E-state index contributed by atoms with van der Waals surface area (Å²) in [4.78, 5) is 11.8. The average molecular weight is 374 g/mol. The molecule has 0 spiro atoms. The fourth-order valence-electron chi connectivity index (χ4n) is 2.41. The Morgan fingerprint density at radius 2 is 2.25 bits per heavy atom. The van der Waals surface area contributed by atoms with Crippen LogP contribution in [0, 0.1) is 10.1 Å². The molecule has 1 aliphatic carbocycles. The Morgan fingerprint density at radius 3 is 3.00 bits per heavy atom. The van der Waals surface area contributed by atoms with E-state index >= 15 is 0 Å². The minimum absolute atomic E-state index is 0.0808. The molecule has 0 radical (unpaired) electrons. The maximum Gasteiger partial charge on any atom is 0.271 e. The Labute approximate surface area is 133 Å². The first-order chi connectivity index (χ1) is 9.54. The van der Waals surface area contributed by atoms with Crippen LogP contribution in [0.3, 0.4) is 0 Å². The third-order valence-corrected chi connectivity index (χ3v) is 5.37. The van der Waals surface area contributed by atoms with Crippen LogP contribution in [-0.4, -0.2) is 4.92 Å². The Balaban J connectivity index is 1.88. The van der Waals surface area contributed by atoms with Gasteiger partial charge in [-0.15, -0.1) is 11.3 Å². The van der Waals surface area contributed by atoms with Crippen LogP contribution in [-0.2, 0) is 6.42 Å². The van der Waals surface area contributed by atoms with Crippen molar-refractivity contribution in [2.45, 2.75) is 18.9 Å². The number of aryl methyl sites for hydroxylation is 1. The van der Waals surface area contributed by atoms with Crippen molar-refractivity contribution in [2.24, 2.45) is 0 Å². The van der Waals surface area contributed by atoms with Crippen LogP contribution in [0.2, 0.25) is 4.34 Å². The molecule has 7 heteroatoms. The molecule has 0 saturated carbocycles. The largest absolute Gasteiger partial charge is 0.377 e. The van der Waals surface area contributed by atoms with E-state index in [2.05, 4.69) is 21.2 Å². The lowest BCUT2D eigenvalue weighted by Gasteiger charge is -2.15. The van der Waals surface area contributed by atoms with Gasteiger partial charge in [0.15, 0.2) is 0 Å². The van der Waals surface area contributed by atoms with Gasteiger partial charge in [0.05, 0.1) is 21.0 Å². The molecule has 2 aromatic rings. The van der Waals surface area contributed by atoms with Gasteiger partial charge in [0.25, 0.3) is 5.69 Å². The summed E-state index contributed by atoms with van der Waals surface area (Å²) in [5, 5.41) is 14.2. The topological polar surface area (TPSA) is 55.2 Å². The second-order valence-electron chi connectivity index (χ2n) is 4.59. The van der Waals surface area contributed by atoms with Crippen molar-refractivity contribution in [3.8, 4) is 0 Å². The monoisotopic (exact) mass is 372 g/mol. The molecule has 1 heterocycles. The standard InChI is InChI=1S/C13H10BrClN2O2S/c14-9-2-1-7(17(18)19)5-11(9)16-10-3-4-12-8(10)6-13(15)20-12/h1-2,5-6,10,16H,3-4H2. The summed E-state index contributed by atoms with van der Waals surface area (Å²) in [7, 11) is 0. The third kappa shape index (κ3) is 2.55. The summed E-state index contributed by atoms with van der Waals surface area (Å²) in [6, 6.07) is 6.87. The first-order valence-corrected chi connectivity index (χ1v) is 8.02. The molecule has 0 aliphatic heterocycles. The van der Waals surface area contributed by atoms with Gasteiger partial charge < -0.3 is 5.32 Å². The summed E-state index contributed by atoms with van der Waals surface area (Å²) in [6.07, 6.45) is 1.98. The zero-order valence-corrected chi connectivity index (χ0v) is 13.4. The number of nitrogens with zero attached hydrogens (tertiary/aromatic N) is 1. The second kappa shape index (κ2) is 5.35. The van der Waals surface area contributed by atoms with Crippen LogP contribution >= 0.6 is 38.9 Å². The molecule has 4 nitrogen and oxygen atoms in total. The highest BCUT2D eigenvalue weighted by atomic mass is 79.9. The molecule has 0 fully saturated rings. The molecular formula is C13H10BrClN2O2S. The van der Waals surface area contributed by atoms with Gasteiger partial charge in [0, 0.05) is 21.5 Å². The Bertz CT molecular complexity index is 689. The van der Waals surface area contributed by atoms with E-state index in [-0.39, 0.29) is 16.7 Å². The Kier molecular flexibility index (Phi) is 3.70. The summed E-state index contributed by atoms with van der Waals surface area (Å²) >= 11 is 11.1. The molecule has 1 N–H and O–H groups in total. The van der Waals surface area contributed by atoms with E-state index in [4.69, 9.17) is 11.6 Å². The van der Waals surface area contributed by atoms with Gasteiger partial charge in [0.2, 0.25) is 0 Å². The van der Waals surface area contributed by atoms with Crippen molar-refractivity contribution in [1.29, 1.82) is 0 Å². The molecule has 1 unspecified atom stereocenters. The van der Waals surface area contributed by atoms with E-state index in [9.17, 15) is 10.1 Å². The smallest absolute Gasteiger partial charge is 0.271 e. The number of fused-ring (bicyclic) bond motifs is 1. The van der Waals surface area contributed by atoms with Crippen molar-refractivity contribution in [3.05, 3.63) is 53.6 Å². The number of nitrogens with one attached hydrogen (secondary N) is 1. The summed E-state index contributed by atoms with van der Waals surface area (Å²) in [5.41, 5.74) is 2.02. The summed E-state index contributed by atoms with van der Waals surface area (Å²) in [6.45, 7) is 0. The van der Waals surface area contributed by atoms with E-state index in [0.29, 0.717) is 0 Å². The van der Waals surface area contributed by atoms with Gasteiger partial charge in [-0.3, -0.25) is 10.1 Å². The van der Waals surface area contributed by atoms with E-state index in [1.165, 1.54) is 16.5 Å². The van der Waals surface area contributed by atoms with Crippen molar-refractivity contribution in [2.75, 3.05) is 5.32 Å². The molecule has 104 valence electrons. The molecule has 1 aromatic carbocycles. The van der Waals surface area contributed by atoms with Crippen molar-refractivity contribution >= 4 is 50.2 Å². The van der Waals surface area contributed by atoms with Crippen LogP contribution in [0.25, 0.3) is 0 Å². The number of hydrogen-bond acceptors (Lipinski definition) is 4. The number of nitro benzene ring substituents is 1. The lowest BCUT2D eigenvalue weighted by Crippen LogP contribution is -2.07. The zero-order chi connectivity index (χ0) is 14.3. The van der Waals surface area contributed by atoms with E-state index in [1.54, 1.807) is 23.5 Å². The number of benzene rings is 1. The van der Waals surface area contributed by atoms with Gasteiger partial charge in [0.1, 0.15) is 0 Å². The van der Waals surface area contributed by atoms with Crippen LogP contribution < -0.4 is 5.32 Å². The number of thiophene rings is 1.